The Kier molecular flexibility index (Phi) is 7.24. The van der Waals surface area contributed by atoms with Gasteiger partial charge in [0.25, 0.3) is 10.1 Å². The summed E-state index contributed by atoms with van der Waals surface area (Å²) in [5.74, 6) is 0. The summed E-state index contributed by atoms with van der Waals surface area (Å²) >= 11 is 0. The van der Waals surface area contributed by atoms with E-state index in [2.05, 4.69) is 6.92 Å². The van der Waals surface area contributed by atoms with Crippen molar-refractivity contribution in [2.75, 3.05) is 0 Å². The van der Waals surface area contributed by atoms with Gasteiger partial charge in [-0.1, -0.05) is 57.2 Å². The summed E-state index contributed by atoms with van der Waals surface area (Å²) in [4.78, 5) is 0.245. The van der Waals surface area contributed by atoms with Gasteiger partial charge in [0.1, 0.15) is 0 Å². The van der Waals surface area contributed by atoms with Gasteiger partial charge in [-0.3, -0.25) is 4.18 Å². The van der Waals surface area contributed by atoms with Crippen LogP contribution in [0.25, 0.3) is 0 Å². The van der Waals surface area contributed by atoms with Gasteiger partial charge in [0, 0.05) is 0 Å². The van der Waals surface area contributed by atoms with E-state index in [9.17, 15) is 8.42 Å². The minimum absolute atomic E-state index is 0.210. The van der Waals surface area contributed by atoms with E-state index in [1.165, 1.54) is 12.8 Å². The Hall–Kier alpha value is -0.870. The Morgan fingerprint density at radius 2 is 1.70 bits per heavy atom. The lowest BCUT2D eigenvalue weighted by atomic mass is 10.1. The summed E-state index contributed by atoms with van der Waals surface area (Å²) in [5, 5.41) is 0. The van der Waals surface area contributed by atoms with Crippen LogP contribution in [-0.4, -0.2) is 14.5 Å². The van der Waals surface area contributed by atoms with Crippen LogP contribution in [-0.2, 0) is 14.3 Å². The molecule has 0 aliphatic carbocycles. The molecule has 0 saturated carbocycles. The molecule has 1 atom stereocenters. The third kappa shape index (κ3) is 5.63. The zero-order valence-electron chi connectivity index (χ0n) is 12.8. The van der Waals surface area contributed by atoms with E-state index in [1.54, 1.807) is 24.3 Å². The molecule has 0 fully saturated rings. The molecular formula is C16H26O3S. The summed E-state index contributed by atoms with van der Waals surface area (Å²) in [6, 6.07) is 6.79. The van der Waals surface area contributed by atoms with E-state index >= 15 is 0 Å². The van der Waals surface area contributed by atoms with E-state index in [4.69, 9.17) is 4.18 Å². The van der Waals surface area contributed by atoms with Crippen molar-refractivity contribution in [3.05, 3.63) is 29.8 Å². The average Bonchev–Trinajstić information content (AvgIpc) is 2.42. The molecule has 1 unspecified atom stereocenters. The molecule has 0 spiro atoms. The highest BCUT2D eigenvalue weighted by molar-refractivity contribution is 7.86. The second-order valence-electron chi connectivity index (χ2n) is 5.24. The molecule has 0 amide bonds. The van der Waals surface area contributed by atoms with Gasteiger partial charge in [-0.25, -0.2) is 0 Å². The topological polar surface area (TPSA) is 43.4 Å². The van der Waals surface area contributed by atoms with Crippen molar-refractivity contribution in [3.63, 3.8) is 0 Å². The van der Waals surface area contributed by atoms with Gasteiger partial charge in [-0.05, 0) is 31.9 Å². The molecule has 0 bridgehead atoms. The molecular weight excluding hydrogens is 272 g/mol. The van der Waals surface area contributed by atoms with E-state index in [0.717, 1.165) is 31.2 Å². The summed E-state index contributed by atoms with van der Waals surface area (Å²) in [5.41, 5.74) is 1.04. The fourth-order valence-corrected chi connectivity index (χ4v) is 3.23. The third-order valence-corrected chi connectivity index (χ3v) is 4.78. The van der Waals surface area contributed by atoms with Crippen LogP contribution in [0.4, 0.5) is 0 Å². The number of rotatable bonds is 9. The molecule has 0 N–H and O–H groups in total. The van der Waals surface area contributed by atoms with Gasteiger partial charge in [-0.15, -0.1) is 0 Å². The SMILES string of the molecule is CCCCCCC(CC)OS(=O)(=O)c1ccc(C)cc1. The van der Waals surface area contributed by atoms with Crippen LogP contribution < -0.4 is 0 Å². The number of hydrogen-bond donors (Lipinski definition) is 0. The first-order chi connectivity index (χ1) is 9.49. The van der Waals surface area contributed by atoms with Gasteiger partial charge < -0.3 is 0 Å². The average molecular weight is 298 g/mol. The Bertz CT molecular complexity index is 477. The van der Waals surface area contributed by atoms with E-state index in [0.29, 0.717) is 0 Å². The van der Waals surface area contributed by atoms with Gasteiger partial charge in [0.2, 0.25) is 0 Å². The molecule has 0 heterocycles. The highest BCUT2D eigenvalue weighted by atomic mass is 32.2. The van der Waals surface area contributed by atoms with Gasteiger partial charge in [0.15, 0.2) is 0 Å². The van der Waals surface area contributed by atoms with E-state index in [-0.39, 0.29) is 11.0 Å². The highest BCUT2D eigenvalue weighted by Gasteiger charge is 2.20. The largest absolute Gasteiger partial charge is 0.297 e. The van der Waals surface area contributed by atoms with Crippen molar-refractivity contribution >= 4 is 10.1 Å². The smallest absolute Gasteiger partial charge is 0.263 e. The minimum atomic E-state index is -3.63. The Morgan fingerprint density at radius 3 is 2.25 bits per heavy atom. The van der Waals surface area contributed by atoms with Crippen LogP contribution in [0, 0.1) is 6.92 Å². The number of hydrogen-bond acceptors (Lipinski definition) is 3. The molecule has 114 valence electrons. The second kappa shape index (κ2) is 8.42. The summed E-state index contributed by atoms with van der Waals surface area (Å²) < 4.78 is 29.7. The van der Waals surface area contributed by atoms with Crippen molar-refractivity contribution in [2.24, 2.45) is 0 Å². The fourth-order valence-electron chi connectivity index (χ4n) is 2.06. The molecule has 0 aliphatic heterocycles. The molecule has 1 aromatic carbocycles. The Morgan fingerprint density at radius 1 is 1.05 bits per heavy atom. The predicted molar refractivity (Wildman–Crippen MR) is 82.3 cm³/mol. The maximum absolute atomic E-state index is 12.2. The Labute approximate surface area is 123 Å². The minimum Gasteiger partial charge on any atom is -0.263 e. The van der Waals surface area contributed by atoms with Crippen molar-refractivity contribution in [1.82, 2.24) is 0 Å². The lowest BCUT2D eigenvalue weighted by Gasteiger charge is -2.15. The first-order valence-corrected chi connectivity index (χ1v) is 8.90. The summed E-state index contributed by atoms with van der Waals surface area (Å²) in [7, 11) is -3.63. The van der Waals surface area contributed by atoms with Crippen LogP contribution >= 0.6 is 0 Å². The molecule has 0 aromatic heterocycles. The number of unbranched alkanes of at least 4 members (excludes halogenated alkanes) is 3. The summed E-state index contributed by atoms with van der Waals surface area (Å²) in [6.07, 6.45) is 5.86. The molecule has 4 heteroatoms. The molecule has 0 radical (unpaired) electrons. The van der Waals surface area contributed by atoms with Gasteiger partial charge in [0.05, 0.1) is 11.0 Å². The first kappa shape index (κ1) is 17.2. The molecule has 1 aromatic rings. The van der Waals surface area contributed by atoms with Crippen LogP contribution in [0.5, 0.6) is 0 Å². The van der Waals surface area contributed by atoms with E-state index in [1.807, 2.05) is 13.8 Å². The fraction of sp³-hybridized carbons (Fsp3) is 0.625. The van der Waals surface area contributed by atoms with Gasteiger partial charge >= 0.3 is 0 Å². The predicted octanol–water partition coefficient (Wildman–Crippen LogP) is 4.45. The van der Waals surface area contributed by atoms with E-state index < -0.39 is 10.1 Å². The van der Waals surface area contributed by atoms with Crippen LogP contribution in [0.2, 0.25) is 0 Å². The third-order valence-electron chi connectivity index (χ3n) is 3.41. The molecule has 20 heavy (non-hydrogen) atoms. The molecule has 0 aliphatic rings. The van der Waals surface area contributed by atoms with Crippen molar-refractivity contribution < 1.29 is 12.6 Å². The Balaban J connectivity index is 2.60. The standard InChI is InChI=1S/C16H26O3S/c1-4-6-7-8-9-15(5-2)19-20(17,18)16-12-10-14(3)11-13-16/h10-13,15H,4-9H2,1-3H3. The zero-order valence-corrected chi connectivity index (χ0v) is 13.6. The molecule has 0 saturated heterocycles. The zero-order chi connectivity index (χ0) is 15.0. The second-order valence-corrected chi connectivity index (χ2v) is 6.82. The van der Waals surface area contributed by atoms with Crippen LogP contribution in [0.3, 0.4) is 0 Å². The van der Waals surface area contributed by atoms with Crippen LogP contribution in [0.15, 0.2) is 29.2 Å². The monoisotopic (exact) mass is 298 g/mol. The first-order valence-electron chi connectivity index (χ1n) is 7.49. The summed E-state index contributed by atoms with van der Waals surface area (Å²) in [6.45, 7) is 6.06. The lowest BCUT2D eigenvalue weighted by molar-refractivity contribution is 0.190. The van der Waals surface area contributed by atoms with Crippen molar-refractivity contribution in [3.8, 4) is 0 Å². The number of aryl methyl sites for hydroxylation is 1. The quantitative estimate of drug-likeness (QED) is 0.499. The van der Waals surface area contributed by atoms with Crippen molar-refractivity contribution in [2.45, 2.75) is 70.3 Å². The molecule has 3 nitrogen and oxygen atoms in total. The highest BCUT2D eigenvalue weighted by Crippen LogP contribution is 2.19. The normalized spacial score (nSPS) is 13.3. The maximum atomic E-state index is 12.2. The van der Waals surface area contributed by atoms with Gasteiger partial charge in [-0.2, -0.15) is 8.42 Å². The van der Waals surface area contributed by atoms with Crippen molar-refractivity contribution in [1.29, 1.82) is 0 Å². The number of benzene rings is 1. The maximum Gasteiger partial charge on any atom is 0.297 e. The molecule has 1 rings (SSSR count). The van der Waals surface area contributed by atoms with Crippen LogP contribution in [0.1, 0.15) is 57.9 Å². The lowest BCUT2D eigenvalue weighted by Crippen LogP contribution is -2.18.